The molecule has 32 heavy (non-hydrogen) atoms. The molecule has 9 rings (SSSR count). The average molecular weight is 491 g/mol. The van der Waals surface area contributed by atoms with E-state index in [9.17, 15) is 0 Å². The Morgan fingerprint density at radius 1 is 0.844 bits per heavy atom. The van der Waals surface area contributed by atoms with E-state index in [1.807, 2.05) is 0 Å². The fourth-order valence-electron chi connectivity index (χ4n) is 8.77. The summed E-state index contributed by atoms with van der Waals surface area (Å²) in [6, 6.07) is 23.5. The standard InChI is InChI=1S/C30H20BrP/c1-32-16-24(31)26-21-10-3-6-12-23(21)30(29(26)32)22-11-5-2-8-17(22)19-14-15-20(28(32)27(19)30)18-9-4-7-13-25(18)32/h2-17,22H,1H3. The second-order valence-corrected chi connectivity index (χ2v) is 16.3. The zero-order chi connectivity index (χ0) is 21.1. The van der Waals surface area contributed by atoms with Gasteiger partial charge in [-0.3, -0.25) is 0 Å². The van der Waals surface area contributed by atoms with Gasteiger partial charge in [0.25, 0.3) is 0 Å². The molecule has 3 unspecified atom stereocenters. The van der Waals surface area contributed by atoms with E-state index in [2.05, 4.69) is 113 Å². The summed E-state index contributed by atoms with van der Waals surface area (Å²) in [6.07, 6.45) is 9.54. The molecule has 152 valence electrons. The van der Waals surface area contributed by atoms with Crippen molar-refractivity contribution in [2.24, 2.45) is 5.92 Å². The molecule has 0 N–H and O–H groups in total. The van der Waals surface area contributed by atoms with Gasteiger partial charge < -0.3 is 0 Å². The molecule has 0 fully saturated rings. The molecule has 3 aliphatic carbocycles. The minimum atomic E-state index is -2.68. The fraction of sp³-hybridized carbons (Fsp3) is 0.133. The van der Waals surface area contributed by atoms with E-state index in [0.717, 1.165) is 0 Å². The number of hydrogen-bond acceptors (Lipinski definition) is 0. The number of benzene rings is 3. The van der Waals surface area contributed by atoms with Crippen molar-refractivity contribution in [3.8, 4) is 11.1 Å². The zero-order valence-electron chi connectivity index (χ0n) is 17.6. The summed E-state index contributed by atoms with van der Waals surface area (Å²) in [6.45, 7) is -0.0270. The van der Waals surface area contributed by atoms with Gasteiger partial charge >= 0.3 is 197 Å². The molecule has 3 atom stereocenters. The van der Waals surface area contributed by atoms with Crippen molar-refractivity contribution < 1.29 is 0 Å². The van der Waals surface area contributed by atoms with Gasteiger partial charge in [-0.1, -0.05) is 0 Å². The Labute approximate surface area is 196 Å². The Morgan fingerprint density at radius 3 is 2.53 bits per heavy atom. The Hall–Kier alpha value is -2.47. The molecule has 0 bridgehead atoms. The van der Waals surface area contributed by atoms with E-state index in [0.29, 0.717) is 11.8 Å². The second kappa shape index (κ2) is 4.74. The first kappa shape index (κ1) is 17.1. The van der Waals surface area contributed by atoms with Gasteiger partial charge in [0.15, 0.2) is 0 Å². The molecule has 0 nitrogen and oxygen atoms in total. The van der Waals surface area contributed by atoms with Crippen LogP contribution >= 0.6 is 22.5 Å². The zero-order valence-corrected chi connectivity index (χ0v) is 20.1. The number of allylic oxidation sites excluding steroid dienone is 7. The van der Waals surface area contributed by atoms with Crippen molar-refractivity contribution in [2.45, 2.75) is 11.3 Å². The van der Waals surface area contributed by atoms with Crippen molar-refractivity contribution in [1.29, 1.82) is 0 Å². The topological polar surface area (TPSA) is 0 Å². The summed E-state index contributed by atoms with van der Waals surface area (Å²) < 4.78 is 1.31. The van der Waals surface area contributed by atoms with E-state index in [1.54, 1.807) is 27.1 Å². The van der Waals surface area contributed by atoms with Crippen LogP contribution in [0.5, 0.6) is 0 Å². The van der Waals surface area contributed by atoms with Crippen LogP contribution in [0.15, 0.2) is 101 Å². The van der Waals surface area contributed by atoms with E-state index >= 15 is 0 Å². The third-order valence-corrected chi connectivity index (χ3v) is 16.3. The van der Waals surface area contributed by atoms with Crippen molar-refractivity contribution in [2.75, 3.05) is 6.66 Å². The molecule has 2 spiro atoms. The van der Waals surface area contributed by atoms with Gasteiger partial charge in [-0.15, -0.1) is 0 Å². The molecule has 3 aromatic carbocycles. The van der Waals surface area contributed by atoms with Gasteiger partial charge in [0, 0.05) is 0 Å². The molecule has 0 aromatic heterocycles. The Morgan fingerprint density at radius 2 is 1.62 bits per heavy atom. The molecule has 6 aliphatic rings. The SMILES string of the molecule is CP123C=C(Br)C4=C1C1(c5ccccc54)c4c(ccc(c42)-c2ccccc23)C2C=CC=CC21. The number of rotatable bonds is 0. The minimum absolute atomic E-state index is 0.0370. The average Bonchev–Trinajstić information content (AvgIpc) is 3.50. The van der Waals surface area contributed by atoms with Gasteiger partial charge in [-0.2, -0.15) is 0 Å². The molecule has 3 aromatic rings. The predicted molar refractivity (Wildman–Crippen MR) is 140 cm³/mol. The quantitative estimate of drug-likeness (QED) is 0.300. The Bertz CT molecular complexity index is 1630. The van der Waals surface area contributed by atoms with Crippen LogP contribution in [0.2, 0.25) is 0 Å². The predicted octanol–water partition coefficient (Wildman–Crippen LogP) is 6.91. The summed E-state index contributed by atoms with van der Waals surface area (Å²) in [4.78, 5) is 0. The molecule has 3 heterocycles. The van der Waals surface area contributed by atoms with Crippen molar-refractivity contribution in [1.82, 2.24) is 0 Å². The van der Waals surface area contributed by atoms with Crippen molar-refractivity contribution in [3.05, 3.63) is 123 Å². The monoisotopic (exact) mass is 490 g/mol. The van der Waals surface area contributed by atoms with Crippen molar-refractivity contribution in [3.63, 3.8) is 0 Å². The molecular weight excluding hydrogens is 471 g/mol. The van der Waals surface area contributed by atoms with Gasteiger partial charge in [-0.05, 0) is 0 Å². The van der Waals surface area contributed by atoms with E-state index in [1.165, 1.54) is 32.3 Å². The number of halogens is 1. The fourth-order valence-corrected chi connectivity index (χ4v) is 17.8. The molecule has 0 radical (unpaired) electrons. The molecule has 3 aliphatic heterocycles. The van der Waals surface area contributed by atoms with Gasteiger partial charge in [0.05, 0.1) is 0 Å². The molecule has 0 amide bonds. The van der Waals surface area contributed by atoms with Crippen LogP contribution in [0.3, 0.4) is 0 Å². The van der Waals surface area contributed by atoms with E-state index in [4.69, 9.17) is 0 Å². The molecular formula is C30H20BrP. The maximum atomic E-state index is 4.12. The Kier molecular flexibility index (Phi) is 2.53. The first-order valence-electron chi connectivity index (χ1n) is 11.5. The number of fused-ring (bicyclic) bond motifs is 6. The van der Waals surface area contributed by atoms with Crippen LogP contribution in [0, 0.1) is 5.92 Å². The van der Waals surface area contributed by atoms with Crippen molar-refractivity contribution >= 4 is 38.7 Å². The van der Waals surface area contributed by atoms with Crippen LogP contribution in [-0.4, -0.2) is 6.66 Å². The molecule has 0 saturated carbocycles. The van der Waals surface area contributed by atoms with E-state index in [-0.39, 0.29) is 5.41 Å². The van der Waals surface area contributed by atoms with E-state index < -0.39 is 6.60 Å². The second-order valence-electron chi connectivity index (χ2n) is 10.5. The van der Waals surface area contributed by atoms with Gasteiger partial charge in [0.2, 0.25) is 0 Å². The van der Waals surface area contributed by atoms with Gasteiger partial charge in [-0.25, -0.2) is 0 Å². The van der Waals surface area contributed by atoms with Crippen LogP contribution in [0.25, 0.3) is 16.7 Å². The third-order valence-electron chi connectivity index (χ3n) is 9.47. The summed E-state index contributed by atoms with van der Waals surface area (Å²) >= 11 is 4.12. The van der Waals surface area contributed by atoms with Crippen LogP contribution in [0.1, 0.15) is 28.2 Å². The number of hydrogen-bond donors (Lipinski definition) is 0. The summed E-state index contributed by atoms with van der Waals surface area (Å²) in [5.74, 6) is 3.60. The normalized spacial score (nSPS) is 32.1. The summed E-state index contributed by atoms with van der Waals surface area (Å²) in [7, 11) is 0. The van der Waals surface area contributed by atoms with Gasteiger partial charge in [0.1, 0.15) is 0 Å². The first-order chi connectivity index (χ1) is 15.6. The summed E-state index contributed by atoms with van der Waals surface area (Å²) in [5.41, 5.74) is 10.6. The third kappa shape index (κ3) is 1.31. The first-order valence-corrected chi connectivity index (χ1v) is 15.0. The Balaban J connectivity index is 1.62. The maximum absolute atomic E-state index is 4.12. The van der Waals surface area contributed by atoms with Crippen LogP contribution in [0.4, 0.5) is 0 Å². The van der Waals surface area contributed by atoms with Crippen LogP contribution < -0.4 is 10.6 Å². The summed E-state index contributed by atoms with van der Waals surface area (Å²) in [5, 5.41) is 5.00. The molecule has 2 heteroatoms. The van der Waals surface area contributed by atoms with Crippen LogP contribution in [-0.2, 0) is 5.41 Å². The molecule has 0 saturated heterocycles.